The maximum atomic E-state index is 5.86. The van der Waals surface area contributed by atoms with Gasteiger partial charge in [0.05, 0.1) is 0 Å². The zero-order valence-corrected chi connectivity index (χ0v) is 11.1. The van der Waals surface area contributed by atoms with E-state index in [1.807, 2.05) is 35.7 Å². The van der Waals surface area contributed by atoms with Crippen molar-refractivity contribution in [2.24, 2.45) is 0 Å². The summed E-state index contributed by atoms with van der Waals surface area (Å²) in [5.74, 6) is 3.68. The molecule has 0 amide bonds. The Morgan fingerprint density at radius 2 is 2.07 bits per heavy atom. The number of nitrogens with two attached hydrogens (primary N) is 1. The van der Waals surface area contributed by atoms with Crippen molar-refractivity contribution >= 4 is 29.2 Å². The Balaban J connectivity index is 2.34. The first-order valence-corrected chi connectivity index (χ1v) is 7.45. The van der Waals surface area contributed by atoms with E-state index in [-0.39, 0.29) is 0 Å². The van der Waals surface area contributed by atoms with Crippen LogP contribution in [0.1, 0.15) is 18.9 Å². The lowest BCUT2D eigenvalue weighted by Crippen LogP contribution is -1.92. The predicted octanol–water partition coefficient (Wildman–Crippen LogP) is 3.81. The van der Waals surface area contributed by atoms with Crippen LogP contribution in [-0.4, -0.2) is 17.3 Å². The molecule has 0 aliphatic rings. The second-order valence-corrected chi connectivity index (χ2v) is 5.90. The van der Waals surface area contributed by atoms with E-state index in [0.29, 0.717) is 0 Å². The largest absolute Gasteiger partial charge is 0.398 e. The number of hydrogen-bond acceptors (Lipinski definition) is 3. The summed E-state index contributed by atoms with van der Waals surface area (Å²) in [4.78, 5) is 1.33. The molecule has 0 saturated heterocycles. The monoisotopic (exact) mass is 241 g/mol. The van der Waals surface area contributed by atoms with Crippen LogP contribution in [0.15, 0.2) is 23.1 Å². The van der Waals surface area contributed by atoms with E-state index in [1.54, 1.807) is 0 Å². The van der Waals surface area contributed by atoms with Crippen molar-refractivity contribution in [3.05, 3.63) is 23.8 Å². The van der Waals surface area contributed by atoms with Gasteiger partial charge in [-0.3, -0.25) is 0 Å². The summed E-state index contributed by atoms with van der Waals surface area (Å²) < 4.78 is 0. The van der Waals surface area contributed by atoms with Crippen LogP contribution in [0.3, 0.4) is 0 Å². The molecule has 0 aromatic heterocycles. The SMILES string of the molecule is CCSCCCSc1cccc(N)c1C. The molecule has 1 aromatic rings. The van der Waals surface area contributed by atoms with Gasteiger partial charge in [0.25, 0.3) is 0 Å². The second-order valence-electron chi connectivity index (χ2n) is 3.37. The van der Waals surface area contributed by atoms with Gasteiger partial charge in [-0.2, -0.15) is 11.8 Å². The molecule has 84 valence electrons. The Labute approximate surface area is 101 Å². The fourth-order valence-corrected chi connectivity index (χ4v) is 3.11. The number of anilines is 1. The van der Waals surface area contributed by atoms with E-state index in [0.717, 1.165) is 5.69 Å². The summed E-state index contributed by atoms with van der Waals surface area (Å²) in [7, 11) is 0. The van der Waals surface area contributed by atoms with E-state index in [2.05, 4.69) is 19.9 Å². The Bertz CT molecular complexity index is 300. The molecule has 0 radical (unpaired) electrons. The molecule has 0 saturated carbocycles. The highest BCUT2D eigenvalue weighted by Crippen LogP contribution is 2.26. The van der Waals surface area contributed by atoms with Gasteiger partial charge in [-0.25, -0.2) is 0 Å². The van der Waals surface area contributed by atoms with Crippen LogP contribution in [0.5, 0.6) is 0 Å². The average molecular weight is 241 g/mol. The summed E-state index contributed by atoms with van der Waals surface area (Å²) in [6, 6.07) is 6.15. The summed E-state index contributed by atoms with van der Waals surface area (Å²) >= 11 is 3.93. The molecule has 15 heavy (non-hydrogen) atoms. The van der Waals surface area contributed by atoms with Crippen LogP contribution in [0, 0.1) is 6.92 Å². The van der Waals surface area contributed by atoms with Crippen molar-refractivity contribution in [2.45, 2.75) is 25.2 Å². The van der Waals surface area contributed by atoms with Crippen molar-refractivity contribution in [2.75, 3.05) is 23.0 Å². The van der Waals surface area contributed by atoms with E-state index in [1.165, 1.54) is 34.1 Å². The minimum atomic E-state index is 0.905. The van der Waals surface area contributed by atoms with E-state index >= 15 is 0 Å². The zero-order chi connectivity index (χ0) is 11.1. The number of hydrogen-bond donors (Lipinski definition) is 1. The smallest absolute Gasteiger partial charge is 0.0354 e. The van der Waals surface area contributed by atoms with Crippen LogP contribution in [0.25, 0.3) is 0 Å². The molecule has 0 heterocycles. The molecule has 0 fully saturated rings. The lowest BCUT2D eigenvalue weighted by Gasteiger charge is -2.07. The normalized spacial score (nSPS) is 10.5. The quantitative estimate of drug-likeness (QED) is 0.466. The number of rotatable bonds is 6. The van der Waals surface area contributed by atoms with Crippen molar-refractivity contribution < 1.29 is 0 Å². The van der Waals surface area contributed by atoms with Gasteiger partial charge in [0.15, 0.2) is 0 Å². The Kier molecular flexibility index (Phi) is 6.03. The minimum absolute atomic E-state index is 0.905. The van der Waals surface area contributed by atoms with Crippen LogP contribution in [0.4, 0.5) is 5.69 Å². The third-order valence-electron chi connectivity index (χ3n) is 2.22. The Morgan fingerprint density at radius 3 is 2.80 bits per heavy atom. The third kappa shape index (κ3) is 4.39. The summed E-state index contributed by atoms with van der Waals surface area (Å²) in [5.41, 5.74) is 7.99. The van der Waals surface area contributed by atoms with Gasteiger partial charge in [-0.05, 0) is 48.3 Å². The lowest BCUT2D eigenvalue weighted by molar-refractivity contribution is 1.12. The van der Waals surface area contributed by atoms with Crippen molar-refractivity contribution in [1.82, 2.24) is 0 Å². The summed E-state index contributed by atoms with van der Waals surface area (Å²) in [6.45, 7) is 4.30. The summed E-state index contributed by atoms with van der Waals surface area (Å²) in [6.07, 6.45) is 1.28. The molecule has 0 bridgehead atoms. The predicted molar refractivity (Wildman–Crippen MR) is 73.9 cm³/mol. The topological polar surface area (TPSA) is 26.0 Å². The molecule has 3 heteroatoms. The van der Waals surface area contributed by atoms with Crippen LogP contribution in [0.2, 0.25) is 0 Å². The van der Waals surface area contributed by atoms with Gasteiger partial charge < -0.3 is 5.73 Å². The summed E-state index contributed by atoms with van der Waals surface area (Å²) in [5, 5.41) is 0. The van der Waals surface area contributed by atoms with Crippen molar-refractivity contribution in [3.8, 4) is 0 Å². The number of nitrogen functional groups attached to an aromatic ring is 1. The van der Waals surface area contributed by atoms with Crippen molar-refractivity contribution in [3.63, 3.8) is 0 Å². The molecular formula is C12H19NS2. The molecule has 0 atom stereocenters. The standard InChI is InChI=1S/C12H19NS2/c1-3-14-8-5-9-15-12-7-4-6-11(13)10(12)2/h4,6-7H,3,5,8-9,13H2,1-2H3. The fraction of sp³-hybridized carbons (Fsp3) is 0.500. The van der Waals surface area contributed by atoms with E-state index < -0.39 is 0 Å². The highest BCUT2D eigenvalue weighted by atomic mass is 32.2. The van der Waals surface area contributed by atoms with Gasteiger partial charge in [-0.1, -0.05) is 13.0 Å². The molecule has 0 unspecified atom stereocenters. The second kappa shape index (κ2) is 7.07. The molecule has 0 spiro atoms. The molecule has 1 nitrogen and oxygen atoms in total. The van der Waals surface area contributed by atoms with Gasteiger partial charge in [0.2, 0.25) is 0 Å². The molecule has 1 aromatic carbocycles. The van der Waals surface area contributed by atoms with Gasteiger partial charge in [-0.15, -0.1) is 11.8 Å². The van der Waals surface area contributed by atoms with E-state index in [9.17, 15) is 0 Å². The maximum absolute atomic E-state index is 5.86. The highest BCUT2D eigenvalue weighted by molar-refractivity contribution is 8.00. The van der Waals surface area contributed by atoms with Gasteiger partial charge in [0.1, 0.15) is 0 Å². The van der Waals surface area contributed by atoms with Crippen LogP contribution < -0.4 is 5.73 Å². The number of thioether (sulfide) groups is 2. The fourth-order valence-electron chi connectivity index (χ4n) is 1.28. The van der Waals surface area contributed by atoms with Crippen LogP contribution in [-0.2, 0) is 0 Å². The van der Waals surface area contributed by atoms with Crippen molar-refractivity contribution in [1.29, 1.82) is 0 Å². The lowest BCUT2D eigenvalue weighted by atomic mass is 10.2. The first-order chi connectivity index (χ1) is 7.25. The zero-order valence-electron chi connectivity index (χ0n) is 9.45. The molecule has 1 rings (SSSR count). The highest BCUT2D eigenvalue weighted by Gasteiger charge is 2.01. The van der Waals surface area contributed by atoms with Gasteiger partial charge >= 0.3 is 0 Å². The first-order valence-electron chi connectivity index (χ1n) is 5.31. The maximum Gasteiger partial charge on any atom is 0.0354 e. The van der Waals surface area contributed by atoms with E-state index in [4.69, 9.17) is 5.73 Å². The molecular weight excluding hydrogens is 222 g/mol. The molecule has 2 N–H and O–H groups in total. The molecule has 0 aliphatic carbocycles. The average Bonchev–Trinajstić information content (AvgIpc) is 2.24. The third-order valence-corrected chi connectivity index (χ3v) is 4.45. The first kappa shape index (κ1) is 12.8. The van der Waals surface area contributed by atoms with Crippen LogP contribution >= 0.6 is 23.5 Å². The molecule has 0 aliphatic heterocycles. The Morgan fingerprint density at radius 1 is 1.27 bits per heavy atom. The Hall–Kier alpha value is -0.280. The minimum Gasteiger partial charge on any atom is -0.398 e. The number of benzene rings is 1. The van der Waals surface area contributed by atoms with Gasteiger partial charge in [0, 0.05) is 10.6 Å².